The molecule has 0 fully saturated rings. The van der Waals surface area contributed by atoms with E-state index in [1.54, 1.807) is 24.3 Å². The molecule has 236 valence electrons. The average Bonchev–Trinajstić information content (AvgIpc) is 3.13. The summed E-state index contributed by atoms with van der Waals surface area (Å²) in [6, 6.07) is 45.8. The van der Waals surface area contributed by atoms with Gasteiger partial charge in [-0.3, -0.25) is 0 Å². The maximum absolute atomic E-state index is 12.3. The van der Waals surface area contributed by atoms with Gasteiger partial charge in [0.15, 0.2) is 0 Å². The van der Waals surface area contributed by atoms with E-state index in [0.29, 0.717) is 22.3 Å². The van der Waals surface area contributed by atoms with Gasteiger partial charge in [-0.05, 0) is 81.9 Å². The second-order valence-electron chi connectivity index (χ2n) is 12.2. The Morgan fingerprint density at radius 3 is 1.22 bits per heavy atom. The second-order valence-corrected chi connectivity index (χ2v) is 12.2. The molecule has 49 heavy (non-hydrogen) atoms. The van der Waals surface area contributed by atoms with Gasteiger partial charge in [-0.2, -0.15) is 0 Å². The largest absolute Gasteiger partial charge is 0.478 e. The molecule has 0 saturated heterocycles. The highest BCUT2D eigenvalue weighted by Gasteiger charge is 2.26. The molecular weight excluding hydrogens is 604 g/mol. The fraction of sp³-hybridized carbons (Fsp3) is 0.0667. The molecule has 0 spiro atoms. The van der Waals surface area contributed by atoms with Crippen molar-refractivity contribution < 1.29 is 19.8 Å². The number of benzene rings is 6. The van der Waals surface area contributed by atoms with Crippen LogP contribution in [0.1, 0.15) is 67.9 Å². The molecule has 0 unspecified atom stereocenters. The SMILES string of the molecule is CC(C)(c1cc(C#Cc2ccccc2-c2ccccc2)cc(C(=O)O)c1)c1cc(C#Cc2ccccc2-c2ccccc2)cc(C(=O)O)c1. The molecular formula is C45H32O4. The van der Waals surface area contributed by atoms with E-state index in [4.69, 9.17) is 0 Å². The highest BCUT2D eigenvalue weighted by molar-refractivity contribution is 5.89. The summed E-state index contributed by atoms with van der Waals surface area (Å²) >= 11 is 0. The maximum atomic E-state index is 12.3. The minimum Gasteiger partial charge on any atom is -0.478 e. The van der Waals surface area contributed by atoms with Gasteiger partial charge < -0.3 is 10.2 Å². The van der Waals surface area contributed by atoms with E-state index < -0.39 is 17.4 Å². The van der Waals surface area contributed by atoms with Crippen LogP contribution < -0.4 is 0 Å². The van der Waals surface area contributed by atoms with Gasteiger partial charge in [0.1, 0.15) is 0 Å². The van der Waals surface area contributed by atoms with Gasteiger partial charge in [-0.25, -0.2) is 9.59 Å². The van der Waals surface area contributed by atoms with Crippen molar-refractivity contribution in [1.29, 1.82) is 0 Å². The first-order valence-corrected chi connectivity index (χ1v) is 15.8. The number of hydrogen-bond donors (Lipinski definition) is 2. The molecule has 0 amide bonds. The number of rotatable bonds is 6. The predicted octanol–water partition coefficient (Wildman–Crippen LogP) is 9.54. The lowest BCUT2D eigenvalue weighted by Crippen LogP contribution is -2.21. The van der Waals surface area contributed by atoms with E-state index in [-0.39, 0.29) is 11.1 Å². The molecule has 0 saturated carbocycles. The summed E-state index contributed by atoms with van der Waals surface area (Å²) in [5.41, 5.74) is 7.52. The lowest BCUT2D eigenvalue weighted by molar-refractivity contribution is 0.0686. The van der Waals surface area contributed by atoms with Gasteiger partial charge in [0, 0.05) is 27.7 Å². The van der Waals surface area contributed by atoms with Crippen molar-refractivity contribution >= 4 is 11.9 Å². The van der Waals surface area contributed by atoms with Crippen LogP contribution in [0.15, 0.2) is 146 Å². The van der Waals surface area contributed by atoms with Crippen LogP contribution in [-0.4, -0.2) is 22.2 Å². The van der Waals surface area contributed by atoms with Crippen LogP contribution in [0.3, 0.4) is 0 Å². The molecule has 6 aromatic carbocycles. The first-order chi connectivity index (χ1) is 23.7. The predicted molar refractivity (Wildman–Crippen MR) is 195 cm³/mol. The number of hydrogen-bond acceptors (Lipinski definition) is 2. The lowest BCUT2D eigenvalue weighted by Gasteiger charge is -2.27. The molecule has 6 rings (SSSR count). The van der Waals surface area contributed by atoms with Gasteiger partial charge >= 0.3 is 11.9 Å². The Balaban J connectivity index is 1.41. The second kappa shape index (κ2) is 14.0. The molecule has 4 heteroatoms. The van der Waals surface area contributed by atoms with E-state index in [9.17, 15) is 19.8 Å². The van der Waals surface area contributed by atoms with Crippen LogP contribution in [0.4, 0.5) is 0 Å². The molecule has 0 aliphatic carbocycles. The Kier molecular flexibility index (Phi) is 9.25. The Labute approximate surface area is 286 Å². The topological polar surface area (TPSA) is 74.6 Å². The molecule has 2 N–H and O–H groups in total. The Bertz CT molecular complexity index is 2150. The highest BCUT2D eigenvalue weighted by Crippen LogP contribution is 2.34. The third-order valence-corrected chi connectivity index (χ3v) is 8.51. The Morgan fingerprint density at radius 2 is 0.837 bits per heavy atom. The fourth-order valence-corrected chi connectivity index (χ4v) is 5.74. The zero-order valence-corrected chi connectivity index (χ0v) is 27.1. The third kappa shape index (κ3) is 7.36. The molecule has 0 radical (unpaired) electrons. The summed E-state index contributed by atoms with van der Waals surface area (Å²) in [6.45, 7) is 3.89. The molecule has 4 nitrogen and oxygen atoms in total. The van der Waals surface area contributed by atoms with Crippen molar-refractivity contribution in [3.63, 3.8) is 0 Å². The molecule has 0 aliphatic rings. The number of carbonyl (C=O) groups is 2. The van der Waals surface area contributed by atoms with Gasteiger partial charge in [-0.1, -0.05) is 135 Å². The monoisotopic (exact) mass is 636 g/mol. The normalized spacial score (nSPS) is 10.7. The summed E-state index contributed by atoms with van der Waals surface area (Å²) in [4.78, 5) is 24.6. The van der Waals surface area contributed by atoms with Crippen molar-refractivity contribution in [1.82, 2.24) is 0 Å². The zero-order chi connectivity index (χ0) is 34.4. The molecule has 0 aliphatic heterocycles. The van der Waals surface area contributed by atoms with Crippen molar-refractivity contribution in [2.75, 3.05) is 0 Å². The van der Waals surface area contributed by atoms with Crippen molar-refractivity contribution in [3.05, 3.63) is 190 Å². The minimum atomic E-state index is -1.08. The van der Waals surface area contributed by atoms with Crippen LogP contribution in [0, 0.1) is 23.7 Å². The first kappa shape index (κ1) is 32.3. The summed E-state index contributed by atoms with van der Waals surface area (Å²) in [5.74, 6) is 10.8. The summed E-state index contributed by atoms with van der Waals surface area (Å²) in [6.07, 6.45) is 0. The van der Waals surface area contributed by atoms with E-state index in [2.05, 4.69) is 23.7 Å². The summed E-state index contributed by atoms with van der Waals surface area (Å²) in [5, 5.41) is 20.1. The standard InChI is InChI=1S/C45H32O4/c1-45(2,39-27-31(25-37(29-39)43(46)47)21-23-35-17-9-11-19-41(35)33-13-5-3-6-14-33)40-28-32(26-38(30-40)44(48)49)22-24-36-18-10-12-20-42(36)34-15-7-4-8-16-34/h3-20,25-30H,1-2H3,(H,46,47)(H,48,49). The van der Waals surface area contributed by atoms with Crippen molar-refractivity contribution in [2.24, 2.45) is 0 Å². The van der Waals surface area contributed by atoms with Gasteiger partial charge in [0.25, 0.3) is 0 Å². The van der Waals surface area contributed by atoms with Crippen LogP contribution >= 0.6 is 0 Å². The lowest BCUT2D eigenvalue weighted by atomic mass is 9.76. The van der Waals surface area contributed by atoms with E-state index in [1.807, 2.05) is 135 Å². The maximum Gasteiger partial charge on any atom is 0.335 e. The smallest absolute Gasteiger partial charge is 0.335 e. The van der Waals surface area contributed by atoms with Crippen LogP contribution in [0.5, 0.6) is 0 Å². The molecule has 0 aromatic heterocycles. The Morgan fingerprint density at radius 1 is 0.469 bits per heavy atom. The number of carboxylic acid groups (broad SMARTS) is 2. The number of carboxylic acids is 2. The first-order valence-electron chi connectivity index (χ1n) is 15.8. The van der Waals surface area contributed by atoms with Crippen LogP contribution in [-0.2, 0) is 5.41 Å². The molecule has 6 aromatic rings. The van der Waals surface area contributed by atoms with Crippen molar-refractivity contribution in [2.45, 2.75) is 19.3 Å². The molecule has 0 heterocycles. The molecule has 0 atom stereocenters. The van der Waals surface area contributed by atoms with Crippen LogP contribution in [0.2, 0.25) is 0 Å². The summed E-state index contributed by atoms with van der Waals surface area (Å²) in [7, 11) is 0. The van der Waals surface area contributed by atoms with Crippen molar-refractivity contribution in [3.8, 4) is 45.9 Å². The van der Waals surface area contributed by atoms with Gasteiger partial charge in [-0.15, -0.1) is 0 Å². The van der Waals surface area contributed by atoms with Gasteiger partial charge in [0.2, 0.25) is 0 Å². The minimum absolute atomic E-state index is 0.0955. The van der Waals surface area contributed by atoms with E-state index >= 15 is 0 Å². The third-order valence-electron chi connectivity index (χ3n) is 8.51. The molecule has 0 bridgehead atoms. The fourth-order valence-electron chi connectivity index (χ4n) is 5.74. The van der Waals surface area contributed by atoms with E-state index in [1.165, 1.54) is 0 Å². The highest BCUT2D eigenvalue weighted by atomic mass is 16.4. The average molecular weight is 637 g/mol. The van der Waals surface area contributed by atoms with Gasteiger partial charge in [0.05, 0.1) is 11.1 Å². The quantitative estimate of drug-likeness (QED) is 0.179. The van der Waals surface area contributed by atoms with Crippen LogP contribution in [0.25, 0.3) is 22.3 Å². The summed E-state index contributed by atoms with van der Waals surface area (Å²) < 4.78 is 0. The zero-order valence-electron chi connectivity index (χ0n) is 27.1. The van der Waals surface area contributed by atoms with E-state index in [0.717, 1.165) is 33.4 Å². The Hall–Kier alpha value is -6.62. The number of aromatic carboxylic acids is 2.